The third-order valence-electron chi connectivity index (χ3n) is 2.86. The molecule has 0 heterocycles. The minimum Gasteiger partial charge on any atom is -0.381 e. The zero-order chi connectivity index (χ0) is 13.8. The molecule has 0 amide bonds. The Morgan fingerprint density at radius 3 is 2.37 bits per heavy atom. The lowest BCUT2D eigenvalue weighted by Gasteiger charge is -2.13. The fourth-order valence-electron chi connectivity index (χ4n) is 1.73. The summed E-state index contributed by atoms with van der Waals surface area (Å²) in [5.74, 6) is 0. The van der Waals surface area contributed by atoms with E-state index in [0.717, 1.165) is 21.7 Å². The van der Waals surface area contributed by atoms with E-state index in [4.69, 9.17) is 11.6 Å². The van der Waals surface area contributed by atoms with Gasteiger partial charge in [0, 0.05) is 36.5 Å². The third kappa shape index (κ3) is 3.88. The molecule has 0 radical (unpaired) electrons. The van der Waals surface area contributed by atoms with Crippen LogP contribution >= 0.6 is 27.5 Å². The van der Waals surface area contributed by atoms with Gasteiger partial charge in [0.05, 0.1) is 5.02 Å². The number of halogens is 2. The third-order valence-corrected chi connectivity index (χ3v) is 4.08. The van der Waals surface area contributed by atoms with Gasteiger partial charge in [0.2, 0.25) is 0 Å². The van der Waals surface area contributed by atoms with Crippen molar-refractivity contribution in [2.24, 2.45) is 0 Å². The van der Waals surface area contributed by atoms with Crippen LogP contribution < -0.4 is 10.2 Å². The van der Waals surface area contributed by atoms with Crippen molar-refractivity contribution in [1.82, 2.24) is 0 Å². The molecule has 0 spiro atoms. The standard InChI is InChI=1S/C15H16BrClN2/c1-19(2)13-6-4-12(5-7-13)18-10-11-3-8-15(17)14(16)9-11/h3-9,18H,10H2,1-2H3. The average Bonchev–Trinajstić information content (AvgIpc) is 2.40. The van der Waals surface area contributed by atoms with Gasteiger partial charge in [-0.15, -0.1) is 0 Å². The van der Waals surface area contributed by atoms with Crippen LogP contribution in [0.2, 0.25) is 5.02 Å². The number of hydrogen-bond acceptors (Lipinski definition) is 2. The van der Waals surface area contributed by atoms with Crippen LogP contribution in [0.25, 0.3) is 0 Å². The van der Waals surface area contributed by atoms with E-state index in [1.807, 2.05) is 32.3 Å². The highest BCUT2D eigenvalue weighted by Crippen LogP contribution is 2.24. The van der Waals surface area contributed by atoms with Gasteiger partial charge < -0.3 is 10.2 Å². The van der Waals surface area contributed by atoms with Gasteiger partial charge in [0.15, 0.2) is 0 Å². The molecule has 0 saturated carbocycles. The summed E-state index contributed by atoms with van der Waals surface area (Å²) in [6.45, 7) is 0.775. The molecule has 2 nitrogen and oxygen atoms in total. The number of nitrogens with zero attached hydrogens (tertiary/aromatic N) is 1. The molecular formula is C15H16BrClN2. The van der Waals surface area contributed by atoms with E-state index in [-0.39, 0.29) is 0 Å². The first-order chi connectivity index (χ1) is 9.06. The molecule has 0 saturated heterocycles. The van der Waals surface area contributed by atoms with E-state index in [1.54, 1.807) is 0 Å². The van der Waals surface area contributed by atoms with E-state index < -0.39 is 0 Å². The molecule has 0 aliphatic carbocycles. The normalized spacial score (nSPS) is 10.3. The lowest BCUT2D eigenvalue weighted by molar-refractivity contribution is 1.12. The van der Waals surface area contributed by atoms with Crippen molar-refractivity contribution in [2.75, 3.05) is 24.3 Å². The van der Waals surface area contributed by atoms with Crippen molar-refractivity contribution < 1.29 is 0 Å². The van der Waals surface area contributed by atoms with Gasteiger partial charge in [-0.05, 0) is 57.9 Å². The molecule has 0 atom stereocenters. The summed E-state index contributed by atoms with van der Waals surface area (Å²) in [4.78, 5) is 2.08. The zero-order valence-electron chi connectivity index (χ0n) is 11.0. The van der Waals surface area contributed by atoms with Gasteiger partial charge >= 0.3 is 0 Å². The first kappa shape index (κ1) is 14.2. The van der Waals surface area contributed by atoms with E-state index in [9.17, 15) is 0 Å². The SMILES string of the molecule is CN(C)c1ccc(NCc2ccc(Cl)c(Br)c2)cc1. The average molecular weight is 340 g/mol. The summed E-state index contributed by atoms with van der Waals surface area (Å²) in [6.07, 6.45) is 0. The van der Waals surface area contributed by atoms with Crippen molar-refractivity contribution >= 4 is 38.9 Å². The molecule has 1 N–H and O–H groups in total. The molecule has 0 aromatic heterocycles. The fourth-order valence-corrected chi connectivity index (χ4v) is 2.27. The lowest BCUT2D eigenvalue weighted by Crippen LogP contribution is -2.08. The zero-order valence-corrected chi connectivity index (χ0v) is 13.3. The Hall–Kier alpha value is -1.19. The minimum absolute atomic E-state index is 0.735. The Labute approximate surface area is 127 Å². The Balaban J connectivity index is 2.00. The summed E-state index contributed by atoms with van der Waals surface area (Å²) in [6, 6.07) is 14.3. The molecule has 0 fully saturated rings. The van der Waals surface area contributed by atoms with E-state index >= 15 is 0 Å². The van der Waals surface area contributed by atoms with Crippen molar-refractivity contribution in [3.63, 3.8) is 0 Å². The van der Waals surface area contributed by atoms with Crippen LogP contribution in [-0.2, 0) is 6.54 Å². The number of rotatable bonds is 4. The molecule has 19 heavy (non-hydrogen) atoms. The van der Waals surface area contributed by atoms with Gasteiger partial charge in [0.25, 0.3) is 0 Å². The van der Waals surface area contributed by atoms with Crippen LogP contribution in [0.1, 0.15) is 5.56 Å². The van der Waals surface area contributed by atoms with Crippen LogP contribution in [0.15, 0.2) is 46.9 Å². The molecule has 100 valence electrons. The summed E-state index contributed by atoms with van der Waals surface area (Å²) in [5, 5.41) is 4.13. The molecule has 0 bridgehead atoms. The van der Waals surface area contributed by atoms with E-state index in [2.05, 4.69) is 50.4 Å². The number of benzene rings is 2. The molecule has 0 unspecified atom stereocenters. The second-order valence-corrected chi connectivity index (χ2v) is 5.80. The second kappa shape index (κ2) is 6.31. The van der Waals surface area contributed by atoms with Gasteiger partial charge in [-0.3, -0.25) is 0 Å². The molecule has 4 heteroatoms. The Morgan fingerprint density at radius 2 is 1.79 bits per heavy atom. The lowest BCUT2D eigenvalue weighted by atomic mass is 10.2. The maximum atomic E-state index is 5.97. The van der Waals surface area contributed by atoms with Crippen LogP contribution in [0.3, 0.4) is 0 Å². The number of anilines is 2. The van der Waals surface area contributed by atoms with Crippen molar-refractivity contribution in [1.29, 1.82) is 0 Å². The molecule has 2 aromatic rings. The summed E-state index contributed by atoms with van der Waals surface area (Å²) < 4.78 is 0.927. The maximum Gasteiger partial charge on any atom is 0.0548 e. The van der Waals surface area contributed by atoms with Crippen LogP contribution in [0.5, 0.6) is 0 Å². The highest BCUT2D eigenvalue weighted by Gasteiger charge is 2.00. The smallest absolute Gasteiger partial charge is 0.0548 e. The van der Waals surface area contributed by atoms with Gasteiger partial charge in [-0.1, -0.05) is 17.7 Å². The predicted octanol–water partition coefficient (Wildman–Crippen LogP) is 4.78. The van der Waals surface area contributed by atoms with Gasteiger partial charge in [-0.25, -0.2) is 0 Å². The summed E-state index contributed by atoms with van der Waals surface area (Å²) >= 11 is 9.41. The maximum absolute atomic E-state index is 5.97. The van der Waals surface area contributed by atoms with E-state index in [1.165, 1.54) is 11.3 Å². The quantitative estimate of drug-likeness (QED) is 0.862. The van der Waals surface area contributed by atoms with Gasteiger partial charge in [-0.2, -0.15) is 0 Å². The molecule has 2 rings (SSSR count). The topological polar surface area (TPSA) is 15.3 Å². The highest BCUT2D eigenvalue weighted by atomic mass is 79.9. The Kier molecular flexibility index (Phi) is 4.72. The number of nitrogens with one attached hydrogen (secondary N) is 1. The molecular weight excluding hydrogens is 324 g/mol. The highest BCUT2D eigenvalue weighted by molar-refractivity contribution is 9.10. The Morgan fingerprint density at radius 1 is 1.11 bits per heavy atom. The van der Waals surface area contributed by atoms with Crippen molar-refractivity contribution in [3.05, 3.63) is 57.5 Å². The fraction of sp³-hybridized carbons (Fsp3) is 0.200. The van der Waals surface area contributed by atoms with Crippen LogP contribution in [0, 0.1) is 0 Å². The monoisotopic (exact) mass is 338 g/mol. The Bertz CT molecular complexity index is 553. The largest absolute Gasteiger partial charge is 0.381 e. The molecule has 0 aliphatic heterocycles. The van der Waals surface area contributed by atoms with Gasteiger partial charge in [0.1, 0.15) is 0 Å². The molecule has 2 aromatic carbocycles. The first-order valence-electron chi connectivity index (χ1n) is 6.01. The van der Waals surface area contributed by atoms with Crippen molar-refractivity contribution in [3.8, 4) is 0 Å². The summed E-state index contributed by atoms with van der Waals surface area (Å²) in [5.41, 5.74) is 3.49. The van der Waals surface area contributed by atoms with Crippen LogP contribution in [0.4, 0.5) is 11.4 Å². The number of hydrogen-bond donors (Lipinski definition) is 1. The first-order valence-corrected chi connectivity index (χ1v) is 7.18. The minimum atomic E-state index is 0.735. The predicted molar refractivity (Wildman–Crippen MR) is 87.2 cm³/mol. The van der Waals surface area contributed by atoms with E-state index in [0.29, 0.717) is 0 Å². The second-order valence-electron chi connectivity index (χ2n) is 4.54. The van der Waals surface area contributed by atoms with Crippen LogP contribution in [-0.4, -0.2) is 14.1 Å². The molecule has 0 aliphatic rings. The van der Waals surface area contributed by atoms with Crippen molar-refractivity contribution in [2.45, 2.75) is 6.54 Å². The summed E-state index contributed by atoms with van der Waals surface area (Å²) in [7, 11) is 4.07.